The number of piperidine rings is 1. The van der Waals surface area contributed by atoms with E-state index in [4.69, 9.17) is 4.74 Å². The van der Waals surface area contributed by atoms with Crippen LogP contribution >= 0.6 is 0 Å². The second kappa shape index (κ2) is 8.48. The lowest BCUT2D eigenvalue weighted by atomic mass is 9.77. The fraction of sp³-hybridized carbons (Fsp3) is 0.565. The molecule has 1 saturated heterocycles. The number of benzene rings is 1. The van der Waals surface area contributed by atoms with Crippen molar-refractivity contribution < 1.29 is 9.53 Å². The second-order valence-electron chi connectivity index (χ2n) is 8.22. The van der Waals surface area contributed by atoms with Gasteiger partial charge < -0.3 is 14.2 Å². The smallest absolute Gasteiger partial charge is 0.233 e. The minimum absolute atomic E-state index is 0.304. The first-order valence-electron chi connectivity index (χ1n) is 10.6. The summed E-state index contributed by atoms with van der Waals surface area (Å²) in [5.41, 5.74) is 0.871. The monoisotopic (exact) mass is 381 g/mol. The molecule has 1 atom stereocenters. The molecule has 1 aliphatic carbocycles. The summed E-state index contributed by atoms with van der Waals surface area (Å²) < 4.78 is 7.42. The van der Waals surface area contributed by atoms with Crippen molar-refractivity contribution in [2.24, 2.45) is 0 Å². The van der Waals surface area contributed by atoms with Crippen LogP contribution in [0.25, 0.3) is 0 Å². The maximum Gasteiger partial charge on any atom is 0.233 e. The van der Waals surface area contributed by atoms with Crippen molar-refractivity contribution in [3.05, 3.63) is 54.1 Å². The van der Waals surface area contributed by atoms with Crippen LogP contribution in [0.1, 0.15) is 55.8 Å². The molecule has 4 rings (SSSR count). The van der Waals surface area contributed by atoms with E-state index in [2.05, 4.69) is 38.7 Å². The quantitative estimate of drug-likeness (QED) is 0.766. The van der Waals surface area contributed by atoms with Gasteiger partial charge in [0.25, 0.3) is 0 Å². The number of carbonyl (C=O) groups excluding carboxylic acids is 1. The van der Waals surface area contributed by atoms with Gasteiger partial charge >= 0.3 is 0 Å². The van der Waals surface area contributed by atoms with Crippen LogP contribution in [0, 0.1) is 0 Å². The zero-order valence-electron chi connectivity index (χ0n) is 16.8. The topological polar surface area (TPSA) is 47.4 Å². The van der Waals surface area contributed by atoms with Gasteiger partial charge in [0.05, 0.1) is 12.0 Å². The molecule has 1 amide bonds. The average molecular weight is 382 g/mol. The van der Waals surface area contributed by atoms with Gasteiger partial charge in [-0.15, -0.1) is 0 Å². The van der Waals surface area contributed by atoms with E-state index in [1.165, 1.54) is 5.56 Å². The molecule has 28 heavy (non-hydrogen) atoms. The van der Waals surface area contributed by atoms with Crippen LogP contribution in [0.3, 0.4) is 0 Å². The number of hydrogen-bond acceptors (Lipinski definition) is 3. The molecule has 5 nitrogen and oxygen atoms in total. The molecule has 1 aromatic carbocycles. The molecule has 1 unspecified atom stereocenters. The Morgan fingerprint density at radius 3 is 2.75 bits per heavy atom. The fourth-order valence-electron chi connectivity index (χ4n) is 5.10. The average Bonchev–Trinajstić information content (AvgIpc) is 3.43. The molecule has 0 radical (unpaired) electrons. The first kappa shape index (κ1) is 19.2. The third kappa shape index (κ3) is 3.60. The number of rotatable bonds is 6. The van der Waals surface area contributed by atoms with Gasteiger partial charge in [-0.05, 0) is 31.2 Å². The zero-order chi connectivity index (χ0) is 19.4. The normalized spacial score (nSPS) is 21.8. The lowest BCUT2D eigenvalue weighted by molar-refractivity contribution is -0.138. The summed E-state index contributed by atoms with van der Waals surface area (Å²) in [5.74, 6) is 1.73. The minimum atomic E-state index is -0.325. The number of methoxy groups -OCH3 is 1. The molecule has 0 N–H and O–H groups in total. The first-order chi connectivity index (χ1) is 13.7. The Labute approximate surface area is 167 Å². The number of likely N-dealkylation sites (tertiary alicyclic amines) is 1. The van der Waals surface area contributed by atoms with Gasteiger partial charge in [0.1, 0.15) is 5.82 Å². The van der Waals surface area contributed by atoms with Crippen LogP contribution in [-0.2, 0) is 21.5 Å². The summed E-state index contributed by atoms with van der Waals surface area (Å²) in [7, 11) is 1.72. The van der Waals surface area contributed by atoms with Crippen molar-refractivity contribution in [1.82, 2.24) is 14.5 Å². The van der Waals surface area contributed by atoms with Crippen molar-refractivity contribution >= 4 is 5.91 Å². The predicted molar refractivity (Wildman–Crippen MR) is 109 cm³/mol. The van der Waals surface area contributed by atoms with E-state index in [9.17, 15) is 4.79 Å². The largest absolute Gasteiger partial charge is 0.383 e. The number of carbonyl (C=O) groups is 1. The van der Waals surface area contributed by atoms with Crippen molar-refractivity contribution in [2.75, 3.05) is 26.8 Å². The Kier molecular flexibility index (Phi) is 5.81. The highest BCUT2D eigenvalue weighted by Gasteiger charge is 2.45. The highest BCUT2D eigenvalue weighted by molar-refractivity contribution is 5.88. The number of ether oxygens (including phenoxy) is 1. The van der Waals surface area contributed by atoms with Crippen molar-refractivity contribution in [2.45, 2.75) is 56.4 Å². The SMILES string of the molecule is COCCn1ccnc1C1CCCN(C(=O)C2(c3ccccc3)CCCC2)C1. The van der Waals surface area contributed by atoms with Crippen LogP contribution in [0.4, 0.5) is 0 Å². The molecule has 1 saturated carbocycles. The van der Waals surface area contributed by atoms with E-state index in [1.807, 2.05) is 18.5 Å². The van der Waals surface area contributed by atoms with Crippen molar-refractivity contribution in [3.63, 3.8) is 0 Å². The maximum atomic E-state index is 13.8. The van der Waals surface area contributed by atoms with E-state index in [-0.39, 0.29) is 5.41 Å². The minimum Gasteiger partial charge on any atom is -0.383 e. The number of aromatic nitrogens is 2. The molecule has 2 aliphatic rings. The Hall–Kier alpha value is -2.14. The van der Waals surface area contributed by atoms with E-state index in [0.717, 1.165) is 64.0 Å². The summed E-state index contributed by atoms with van der Waals surface area (Å²) in [6.07, 6.45) is 10.2. The molecule has 0 bridgehead atoms. The molecule has 0 spiro atoms. The van der Waals surface area contributed by atoms with Gasteiger partial charge in [-0.1, -0.05) is 43.2 Å². The molecule has 5 heteroatoms. The van der Waals surface area contributed by atoms with Crippen molar-refractivity contribution in [3.8, 4) is 0 Å². The number of hydrogen-bond donors (Lipinski definition) is 0. The molecule has 150 valence electrons. The summed E-state index contributed by atoms with van der Waals surface area (Å²) in [5, 5.41) is 0. The Morgan fingerprint density at radius 2 is 2.00 bits per heavy atom. The van der Waals surface area contributed by atoms with Crippen LogP contribution in [-0.4, -0.2) is 47.2 Å². The molecule has 2 heterocycles. The van der Waals surface area contributed by atoms with Gasteiger partial charge in [0.15, 0.2) is 0 Å². The molecular formula is C23H31N3O2. The summed E-state index contributed by atoms with van der Waals surface area (Å²) in [4.78, 5) is 20.5. The molecular weight excluding hydrogens is 350 g/mol. The van der Waals surface area contributed by atoms with Gasteiger partial charge in [0.2, 0.25) is 5.91 Å². The highest BCUT2D eigenvalue weighted by atomic mass is 16.5. The van der Waals surface area contributed by atoms with Crippen LogP contribution in [0.5, 0.6) is 0 Å². The standard InChI is InChI=1S/C23H31N3O2/c1-28-17-16-25-15-13-24-21(25)19-8-7-14-26(18-19)22(27)23(11-5-6-12-23)20-9-3-2-4-10-20/h2-4,9-10,13,15,19H,5-8,11-12,14,16-18H2,1H3. The summed E-state index contributed by atoms with van der Waals surface area (Å²) in [6, 6.07) is 10.4. The Bertz CT molecular complexity index is 780. The number of amides is 1. The van der Waals surface area contributed by atoms with Gasteiger partial charge in [0, 0.05) is 45.1 Å². The molecule has 1 aliphatic heterocycles. The van der Waals surface area contributed by atoms with E-state index in [1.54, 1.807) is 7.11 Å². The summed E-state index contributed by atoms with van der Waals surface area (Å²) >= 11 is 0. The molecule has 1 aromatic heterocycles. The maximum absolute atomic E-state index is 13.8. The Morgan fingerprint density at radius 1 is 1.21 bits per heavy atom. The lowest BCUT2D eigenvalue weighted by Gasteiger charge is -2.39. The number of imidazole rings is 1. The van der Waals surface area contributed by atoms with Gasteiger partial charge in [-0.3, -0.25) is 4.79 Å². The first-order valence-corrected chi connectivity index (χ1v) is 10.6. The zero-order valence-corrected chi connectivity index (χ0v) is 16.8. The van der Waals surface area contributed by atoms with Gasteiger partial charge in [-0.2, -0.15) is 0 Å². The third-order valence-corrected chi connectivity index (χ3v) is 6.55. The van der Waals surface area contributed by atoms with Crippen molar-refractivity contribution in [1.29, 1.82) is 0 Å². The van der Waals surface area contributed by atoms with Crippen LogP contribution in [0.15, 0.2) is 42.7 Å². The second-order valence-corrected chi connectivity index (χ2v) is 8.22. The van der Waals surface area contributed by atoms with Crippen LogP contribution < -0.4 is 0 Å². The van der Waals surface area contributed by atoms with E-state index >= 15 is 0 Å². The van der Waals surface area contributed by atoms with Gasteiger partial charge in [-0.25, -0.2) is 4.98 Å². The molecule has 2 aromatic rings. The Balaban J connectivity index is 1.54. The van der Waals surface area contributed by atoms with E-state index in [0.29, 0.717) is 18.4 Å². The predicted octanol–water partition coefficient (Wildman–Crippen LogP) is 3.75. The third-order valence-electron chi connectivity index (χ3n) is 6.55. The molecule has 2 fully saturated rings. The lowest BCUT2D eigenvalue weighted by Crippen LogP contribution is -2.49. The van der Waals surface area contributed by atoms with E-state index < -0.39 is 0 Å². The summed E-state index contributed by atoms with van der Waals surface area (Å²) in [6.45, 7) is 3.13. The van der Waals surface area contributed by atoms with Crippen LogP contribution in [0.2, 0.25) is 0 Å². The fourth-order valence-corrected chi connectivity index (χ4v) is 5.10. The number of nitrogens with zero attached hydrogens (tertiary/aromatic N) is 3. The highest BCUT2D eigenvalue weighted by Crippen LogP contribution is 2.43.